The fraction of sp³-hybridized carbons (Fsp3) is 0.429. The molecule has 0 aromatic heterocycles. The Bertz CT molecular complexity index is 474. The molecular formula is C14H16N2O. The predicted molar refractivity (Wildman–Crippen MR) is 65.2 cm³/mol. The first-order valence-electron chi connectivity index (χ1n) is 5.98. The van der Waals surface area contributed by atoms with Crippen LogP contribution in [0.5, 0.6) is 0 Å². The molecule has 1 saturated heterocycles. The minimum atomic E-state index is 0.250. The smallest absolute Gasteiger partial charge is 0.222 e. The number of nitrogens with zero attached hydrogens (tertiary/aromatic N) is 2. The van der Waals surface area contributed by atoms with Gasteiger partial charge in [0.2, 0.25) is 5.91 Å². The second-order valence-electron chi connectivity index (χ2n) is 4.53. The second kappa shape index (κ2) is 5.01. The molecule has 0 atom stereocenters. The third-order valence-corrected chi connectivity index (χ3v) is 3.25. The van der Waals surface area contributed by atoms with E-state index in [1.165, 1.54) is 0 Å². The zero-order valence-electron chi connectivity index (χ0n) is 10.1. The van der Waals surface area contributed by atoms with Crippen LogP contribution in [-0.4, -0.2) is 17.4 Å². The zero-order chi connectivity index (χ0) is 12.3. The van der Waals surface area contributed by atoms with Gasteiger partial charge in [-0.05, 0) is 43.0 Å². The molecule has 1 amide bonds. The van der Waals surface area contributed by atoms with Crippen LogP contribution < -0.4 is 0 Å². The average Bonchev–Trinajstić information content (AvgIpc) is 2.34. The number of piperidine rings is 1. The Labute approximate surface area is 102 Å². The predicted octanol–water partition coefficient (Wildman–Crippen LogP) is 2.38. The van der Waals surface area contributed by atoms with E-state index in [0.29, 0.717) is 18.5 Å². The van der Waals surface area contributed by atoms with Crippen LogP contribution in [0.3, 0.4) is 0 Å². The molecular weight excluding hydrogens is 212 g/mol. The number of rotatable bonds is 2. The molecule has 0 radical (unpaired) electrons. The van der Waals surface area contributed by atoms with Crippen molar-refractivity contribution < 1.29 is 4.79 Å². The van der Waals surface area contributed by atoms with Crippen LogP contribution in [0.25, 0.3) is 0 Å². The number of carbonyl (C=O) groups is 1. The van der Waals surface area contributed by atoms with Crippen molar-refractivity contribution in [2.75, 3.05) is 6.54 Å². The van der Waals surface area contributed by atoms with Crippen LogP contribution >= 0.6 is 0 Å². The van der Waals surface area contributed by atoms with Crippen molar-refractivity contribution in [2.45, 2.75) is 32.7 Å². The summed E-state index contributed by atoms with van der Waals surface area (Å²) in [5, 5.41) is 8.80. The standard InChI is InChI=1S/C14H16N2O/c1-11-8-12(9-15)5-6-13(11)10-16-7-3-2-4-14(16)17/h5-6,8H,2-4,7,10H2,1H3. The number of hydrogen-bond acceptors (Lipinski definition) is 2. The molecule has 1 aromatic rings. The van der Waals surface area contributed by atoms with Crippen molar-refractivity contribution in [3.8, 4) is 6.07 Å². The van der Waals surface area contributed by atoms with Crippen molar-refractivity contribution in [3.63, 3.8) is 0 Å². The summed E-state index contributed by atoms with van der Waals surface area (Å²) in [6.45, 7) is 3.53. The van der Waals surface area contributed by atoms with Crippen molar-refractivity contribution in [1.82, 2.24) is 4.90 Å². The monoisotopic (exact) mass is 228 g/mol. The number of carbonyl (C=O) groups excluding carboxylic acids is 1. The Morgan fingerprint density at radius 2 is 2.24 bits per heavy atom. The molecule has 3 heteroatoms. The number of aryl methyl sites for hydroxylation is 1. The highest BCUT2D eigenvalue weighted by Gasteiger charge is 2.18. The molecule has 0 saturated carbocycles. The molecule has 1 aliphatic rings. The minimum absolute atomic E-state index is 0.250. The van der Waals surface area contributed by atoms with E-state index >= 15 is 0 Å². The molecule has 1 heterocycles. The van der Waals surface area contributed by atoms with Gasteiger partial charge in [0, 0.05) is 19.5 Å². The molecule has 0 aliphatic carbocycles. The van der Waals surface area contributed by atoms with Gasteiger partial charge in [-0.2, -0.15) is 5.26 Å². The highest BCUT2D eigenvalue weighted by Crippen LogP contribution is 2.17. The van der Waals surface area contributed by atoms with Gasteiger partial charge in [-0.15, -0.1) is 0 Å². The van der Waals surface area contributed by atoms with Gasteiger partial charge in [0.15, 0.2) is 0 Å². The molecule has 0 N–H and O–H groups in total. The summed E-state index contributed by atoms with van der Waals surface area (Å²) in [4.78, 5) is 13.6. The maximum Gasteiger partial charge on any atom is 0.222 e. The highest BCUT2D eigenvalue weighted by atomic mass is 16.2. The van der Waals surface area contributed by atoms with E-state index in [1.54, 1.807) is 0 Å². The SMILES string of the molecule is Cc1cc(C#N)ccc1CN1CCCCC1=O. The normalized spacial score (nSPS) is 15.8. The number of amides is 1. The van der Waals surface area contributed by atoms with Crippen molar-refractivity contribution in [1.29, 1.82) is 5.26 Å². The van der Waals surface area contributed by atoms with E-state index in [-0.39, 0.29) is 5.91 Å². The van der Waals surface area contributed by atoms with Crippen LogP contribution in [0.4, 0.5) is 0 Å². The lowest BCUT2D eigenvalue weighted by atomic mass is 10.0. The molecule has 3 nitrogen and oxygen atoms in total. The van der Waals surface area contributed by atoms with E-state index in [4.69, 9.17) is 5.26 Å². The van der Waals surface area contributed by atoms with Gasteiger partial charge in [-0.3, -0.25) is 4.79 Å². The molecule has 2 rings (SSSR count). The first-order valence-corrected chi connectivity index (χ1v) is 5.98. The maximum atomic E-state index is 11.7. The number of hydrogen-bond donors (Lipinski definition) is 0. The fourth-order valence-electron chi connectivity index (χ4n) is 2.18. The summed E-state index contributed by atoms with van der Waals surface area (Å²) >= 11 is 0. The lowest BCUT2D eigenvalue weighted by molar-refractivity contribution is -0.133. The second-order valence-corrected chi connectivity index (χ2v) is 4.53. The molecule has 0 unspecified atom stereocenters. The lowest BCUT2D eigenvalue weighted by Gasteiger charge is -2.27. The van der Waals surface area contributed by atoms with Crippen molar-refractivity contribution >= 4 is 5.91 Å². The molecule has 88 valence electrons. The molecule has 1 aromatic carbocycles. The number of nitriles is 1. The largest absolute Gasteiger partial charge is 0.338 e. The Morgan fingerprint density at radius 3 is 2.88 bits per heavy atom. The van der Waals surface area contributed by atoms with E-state index in [9.17, 15) is 4.79 Å². The van der Waals surface area contributed by atoms with Gasteiger partial charge in [-0.25, -0.2) is 0 Å². The third-order valence-electron chi connectivity index (χ3n) is 3.25. The summed E-state index contributed by atoms with van der Waals surface area (Å²) in [6, 6.07) is 7.78. The van der Waals surface area contributed by atoms with E-state index in [1.807, 2.05) is 30.0 Å². The first-order chi connectivity index (χ1) is 8.20. The van der Waals surface area contributed by atoms with Crippen molar-refractivity contribution in [3.05, 3.63) is 34.9 Å². The van der Waals surface area contributed by atoms with Gasteiger partial charge in [0.1, 0.15) is 0 Å². The third kappa shape index (κ3) is 2.65. The maximum absolute atomic E-state index is 11.7. The molecule has 1 aliphatic heterocycles. The Morgan fingerprint density at radius 1 is 1.41 bits per heavy atom. The summed E-state index contributed by atoms with van der Waals surface area (Å²) in [6.07, 6.45) is 2.79. The first kappa shape index (κ1) is 11.7. The van der Waals surface area contributed by atoms with Gasteiger partial charge in [0.05, 0.1) is 11.6 Å². The van der Waals surface area contributed by atoms with Crippen molar-refractivity contribution in [2.24, 2.45) is 0 Å². The van der Waals surface area contributed by atoms with Crippen LogP contribution in [0.1, 0.15) is 36.0 Å². The Hall–Kier alpha value is -1.82. The summed E-state index contributed by atoms with van der Waals surface area (Å²) < 4.78 is 0. The zero-order valence-corrected chi connectivity index (χ0v) is 10.1. The Balaban J connectivity index is 2.13. The molecule has 0 spiro atoms. The fourth-order valence-corrected chi connectivity index (χ4v) is 2.18. The van der Waals surface area contributed by atoms with Crippen LogP contribution in [0.15, 0.2) is 18.2 Å². The summed E-state index contributed by atoms with van der Waals surface area (Å²) in [7, 11) is 0. The van der Waals surface area contributed by atoms with Crippen LogP contribution in [0, 0.1) is 18.3 Å². The van der Waals surface area contributed by atoms with Gasteiger partial charge >= 0.3 is 0 Å². The minimum Gasteiger partial charge on any atom is -0.338 e. The molecule has 17 heavy (non-hydrogen) atoms. The highest BCUT2D eigenvalue weighted by molar-refractivity contribution is 5.76. The summed E-state index contributed by atoms with van der Waals surface area (Å²) in [5.74, 6) is 0.250. The quantitative estimate of drug-likeness (QED) is 0.780. The molecule has 1 fully saturated rings. The number of likely N-dealkylation sites (tertiary alicyclic amines) is 1. The molecule has 0 bridgehead atoms. The number of benzene rings is 1. The topological polar surface area (TPSA) is 44.1 Å². The van der Waals surface area contributed by atoms with Crippen LogP contribution in [0.2, 0.25) is 0 Å². The van der Waals surface area contributed by atoms with Gasteiger partial charge < -0.3 is 4.90 Å². The van der Waals surface area contributed by atoms with Gasteiger partial charge in [-0.1, -0.05) is 6.07 Å². The Kier molecular flexibility index (Phi) is 3.43. The van der Waals surface area contributed by atoms with E-state index in [0.717, 1.165) is 30.5 Å². The average molecular weight is 228 g/mol. The lowest BCUT2D eigenvalue weighted by Crippen LogP contribution is -2.34. The van der Waals surface area contributed by atoms with E-state index in [2.05, 4.69) is 6.07 Å². The van der Waals surface area contributed by atoms with Crippen LogP contribution in [-0.2, 0) is 11.3 Å². The van der Waals surface area contributed by atoms with E-state index < -0.39 is 0 Å². The summed E-state index contributed by atoms with van der Waals surface area (Å²) in [5.41, 5.74) is 2.90. The van der Waals surface area contributed by atoms with Gasteiger partial charge in [0.25, 0.3) is 0 Å².